The summed E-state index contributed by atoms with van der Waals surface area (Å²) in [5, 5.41) is 0. The van der Waals surface area contributed by atoms with E-state index in [0.717, 1.165) is 18.8 Å². The topological polar surface area (TPSA) is 29.5 Å². The van der Waals surface area contributed by atoms with Crippen molar-refractivity contribution in [1.82, 2.24) is 4.90 Å². The van der Waals surface area contributed by atoms with Crippen molar-refractivity contribution >= 4 is 18.7 Å². The summed E-state index contributed by atoms with van der Waals surface area (Å²) in [4.78, 5) is 13.1. The molecule has 4 heteroatoms. The first-order valence-electron chi connectivity index (χ1n) is 4.51. The van der Waals surface area contributed by atoms with Crippen LogP contribution in [-0.4, -0.2) is 35.4 Å². The summed E-state index contributed by atoms with van der Waals surface area (Å²) in [6, 6.07) is 0. The molecule has 76 valence electrons. The van der Waals surface area contributed by atoms with Gasteiger partial charge in [0.05, 0.1) is 0 Å². The lowest BCUT2D eigenvalue weighted by molar-refractivity contribution is 0.00220. The van der Waals surface area contributed by atoms with Crippen LogP contribution >= 0.6 is 12.6 Å². The Labute approximate surface area is 84.8 Å². The number of likely N-dealkylation sites (tertiary alicyclic amines) is 1. The van der Waals surface area contributed by atoms with E-state index in [0.29, 0.717) is 5.92 Å². The zero-order valence-electron chi connectivity index (χ0n) is 8.41. The van der Waals surface area contributed by atoms with E-state index in [2.05, 4.69) is 12.6 Å². The number of rotatable bonds is 1. The standard InChI is InChI=1S/C9H17NO2S/c1-9(2,3)12-8(11)10-4-7(5-10)6-13/h7,13H,4-6H2,1-3H3. The van der Waals surface area contributed by atoms with Gasteiger partial charge < -0.3 is 9.64 Å². The Morgan fingerprint density at radius 2 is 2.08 bits per heavy atom. The minimum absolute atomic E-state index is 0.203. The van der Waals surface area contributed by atoms with Crippen LogP contribution in [0.3, 0.4) is 0 Å². The fourth-order valence-corrected chi connectivity index (χ4v) is 1.39. The first-order valence-corrected chi connectivity index (χ1v) is 5.14. The van der Waals surface area contributed by atoms with Crippen molar-refractivity contribution in [2.24, 2.45) is 5.92 Å². The quantitative estimate of drug-likeness (QED) is 0.658. The lowest BCUT2D eigenvalue weighted by atomic mass is 10.0. The molecule has 3 nitrogen and oxygen atoms in total. The maximum atomic E-state index is 11.4. The monoisotopic (exact) mass is 203 g/mol. The van der Waals surface area contributed by atoms with Crippen LogP contribution in [0.15, 0.2) is 0 Å². The zero-order valence-corrected chi connectivity index (χ0v) is 9.30. The van der Waals surface area contributed by atoms with Crippen LogP contribution in [0, 0.1) is 5.92 Å². The Balaban J connectivity index is 2.27. The summed E-state index contributed by atoms with van der Waals surface area (Å²) >= 11 is 4.16. The van der Waals surface area contributed by atoms with Gasteiger partial charge >= 0.3 is 6.09 Å². The summed E-state index contributed by atoms with van der Waals surface area (Å²) in [5.41, 5.74) is -0.386. The van der Waals surface area contributed by atoms with Crippen molar-refractivity contribution < 1.29 is 9.53 Å². The van der Waals surface area contributed by atoms with Crippen molar-refractivity contribution in [3.8, 4) is 0 Å². The van der Waals surface area contributed by atoms with Crippen LogP contribution in [-0.2, 0) is 4.74 Å². The number of thiol groups is 1. The number of hydrogen-bond donors (Lipinski definition) is 1. The molecule has 1 heterocycles. The first kappa shape index (κ1) is 10.7. The minimum Gasteiger partial charge on any atom is -0.444 e. The number of hydrogen-bond acceptors (Lipinski definition) is 3. The van der Waals surface area contributed by atoms with E-state index < -0.39 is 0 Å². The summed E-state index contributed by atoms with van der Waals surface area (Å²) in [7, 11) is 0. The highest BCUT2D eigenvalue weighted by Crippen LogP contribution is 2.19. The van der Waals surface area contributed by atoms with Gasteiger partial charge in [0.25, 0.3) is 0 Å². The number of amides is 1. The summed E-state index contributed by atoms with van der Waals surface area (Å²) in [6.45, 7) is 7.21. The van der Waals surface area contributed by atoms with Gasteiger partial charge in [-0.25, -0.2) is 4.79 Å². The third-order valence-electron chi connectivity index (χ3n) is 1.87. The number of carbonyl (C=O) groups excluding carboxylic acids is 1. The van der Waals surface area contributed by atoms with Crippen LogP contribution in [0.25, 0.3) is 0 Å². The molecular weight excluding hydrogens is 186 g/mol. The summed E-state index contributed by atoms with van der Waals surface area (Å²) in [5.74, 6) is 1.40. The molecule has 0 spiro atoms. The SMILES string of the molecule is CC(C)(C)OC(=O)N1CC(CS)C1. The molecule has 0 unspecified atom stereocenters. The molecule has 1 aliphatic heterocycles. The second-order valence-corrected chi connectivity index (χ2v) is 4.80. The van der Waals surface area contributed by atoms with Crippen LogP contribution < -0.4 is 0 Å². The van der Waals surface area contributed by atoms with Crippen molar-refractivity contribution in [3.63, 3.8) is 0 Å². The Morgan fingerprint density at radius 1 is 1.54 bits per heavy atom. The Hall–Kier alpha value is -0.380. The van der Waals surface area contributed by atoms with E-state index in [1.54, 1.807) is 4.90 Å². The van der Waals surface area contributed by atoms with E-state index in [-0.39, 0.29) is 11.7 Å². The molecule has 1 rings (SSSR count). The molecule has 1 aliphatic rings. The maximum Gasteiger partial charge on any atom is 0.410 e. The Bertz CT molecular complexity index is 194. The van der Waals surface area contributed by atoms with Crippen molar-refractivity contribution in [2.45, 2.75) is 26.4 Å². The average molecular weight is 203 g/mol. The second kappa shape index (κ2) is 3.78. The minimum atomic E-state index is -0.386. The third-order valence-corrected chi connectivity index (χ3v) is 2.38. The molecule has 1 fully saturated rings. The van der Waals surface area contributed by atoms with E-state index in [1.807, 2.05) is 20.8 Å². The fourth-order valence-electron chi connectivity index (χ4n) is 1.16. The smallest absolute Gasteiger partial charge is 0.410 e. The molecule has 0 aliphatic carbocycles. The van der Waals surface area contributed by atoms with Crippen LogP contribution in [0.5, 0.6) is 0 Å². The van der Waals surface area contributed by atoms with Gasteiger partial charge in [-0.1, -0.05) is 0 Å². The highest BCUT2D eigenvalue weighted by atomic mass is 32.1. The van der Waals surface area contributed by atoms with Gasteiger partial charge in [0.2, 0.25) is 0 Å². The van der Waals surface area contributed by atoms with Gasteiger partial charge in [0, 0.05) is 19.0 Å². The molecule has 13 heavy (non-hydrogen) atoms. The first-order chi connectivity index (χ1) is 5.92. The molecule has 0 radical (unpaired) electrons. The predicted octanol–water partition coefficient (Wildman–Crippen LogP) is 1.78. The summed E-state index contributed by atoms with van der Waals surface area (Å²) < 4.78 is 5.20. The van der Waals surface area contributed by atoms with Gasteiger partial charge in [0.15, 0.2) is 0 Å². The normalized spacial score (nSPS) is 18.3. The number of nitrogens with zero attached hydrogens (tertiary/aromatic N) is 1. The van der Waals surface area contributed by atoms with Crippen LogP contribution in [0.2, 0.25) is 0 Å². The molecule has 1 amide bonds. The van der Waals surface area contributed by atoms with Gasteiger partial charge in [-0.15, -0.1) is 0 Å². The predicted molar refractivity (Wildman–Crippen MR) is 55.2 cm³/mol. The molecule has 0 aromatic heterocycles. The molecule has 1 saturated heterocycles. The van der Waals surface area contributed by atoms with E-state index in [9.17, 15) is 4.79 Å². The number of carbonyl (C=O) groups is 1. The molecule has 0 N–H and O–H groups in total. The van der Waals surface area contributed by atoms with Crippen LogP contribution in [0.1, 0.15) is 20.8 Å². The highest BCUT2D eigenvalue weighted by Gasteiger charge is 2.32. The van der Waals surface area contributed by atoms with Gasteiger partial charge in [-0.3, -0.25) is 0 Å². The van der Waals surface area contributed by atoms with Gasteiger partial charge in [-0.05, 0) is 26.5 Å². The van der Waals surface area contributed by atoms with Gasteiger partial charge in [-0.2, -0.15) is 12.6 Å². The molecule has 0 atom stereocenters. The third kappa shape index (κ3) is 3.10. The lowest BCUT2D eigenvalue weighted by Crippen LogP contribution is -2.52. The largest absolute Gasteiger partial charge is 0.444 e. The molecular formula is C9H17NO2S. The maximum absolute atomic E-state index is 11.4. The highest BCUT2D eigenvalue weighted by molar-refractivity contribution is 7.80. The van der Waals surface area contributed by atoms with Crippen molar-refractivity contribution in [1.29, 1.82) is 0 Å². The number of ether oxygens (including phenoxy) is 1. The Kier molecular flexibility index (Phi) is 3.11. The van der Waals surface area contributed by atoms with E-state index >= 15 is 0 Å². The van der Waals surface area contributed by atoms with Crippen molar-refractivity contribution in [3.05, 3.63) is 0 Å². The van der Waals surface area contributed by atoms with Gasteiger partial charge in [0.1, 0.15) is 5.60 Å². The lowest BCUT2D eigenvalue weighted by Gasteiger charge is -2.39. The summed E-state index contributed by atoms with van der Waals surface area (Å²) in [6.07, 6.45) is -0.203. The van der Waals surface area contributed by atoms with E-state index in [1.165, 1.54) is 0 Å². The van der Waals surface area contributed by atoms with Crippen LogP contribution in [0.4, 0.5) is 4.79 Å². The Morgan fingerprint density at radius 3 is 2.46 bits per heavy atom. The van der Waals surface area contributed by atoms with E-state index in [4.69, 9.17) is 4.74 Å². The molecule has 0 saturated carbocycles. The second-order valence-electron chi connectivity index (χ2n) is 4.43. The average Bonchev–Trinajstić information content (AvgIpc) is 1.79. The zero-order chi connectivity index (χ0) is 10.1. The molecule has 0 bridgehead atoms. The molecule has 0 aromatic carbocycles. The molecule has 0 aromatic rings. The fraction of sp³-hybridized carbons (Fsp3) is 0.889. The van der Waals surface area contributed by atoms with Crippen molar-refractivity contribution in [2.75, 3.05) is 18.8 Å².